The van der Waals surface area contributed by atoms with Crippen molar-refractivity contribution in [2.75, 3.05) is 25.6 Å². The van der Waals surface area contributed by atoms with Gasteiger partial charge in [0.2, 0.25) is 0 Å². The van der Waals surface area contributed by atoms with E-state index in [9.17, 15) is 4.79 Å². The van der Waals surface area contributed by atoms with Gasteiger partial charge in [-0.25, -0.2) is 9.97 Å². The van der Waals surface area contributed by atoms with E-state index in [1.54, 1.807) is 7.11 Å². The van der Waals surface area contributed by atoms with Crippen LogP contribution in [0.3, 0.4) is 0 Å². The minimum atomic E-state index is -0.277. The summed E-state index contributed by atoms with van der Waals surface area (Å²) in [4.78, 5) is 20.1. The van der Waals surface area contributed by atoms with Crippen molar-refractivity contribution in [3.8, 4) is 5.75 Å². The number of ether oxygens (including phenoxy) is 2. The summed E-state index contributed by atoms with van der Waals surface area (Å²) in [5.41, 5.74) is 1.12. The summed E-state index contributed by atoms with van der Waals surface area (Å²) < 4.78 is 10.5. The van der Waals surface area contributed by atoms with Crippen molar-refractivity contribution in [2.24, 2.45) is 0 Å². The number of benzene rings is 1. The van der Waals surface area contributed by atoms with Crippen LogP contribution in [0.5, 0.6) is 5.75 Å². The molecular weight excluding hydrogens is 308 g/mol. The van der Waals surface area contributed by atoms with Gasteiger partial charge in [0.05, 0.1) is 25.1 Å². The summed E-state index contributed by atoms with van der Waals surface area (Å²) in [5.74, 6) is 1.09. The van der Waals surface area contributed by atoms with Gasteiger partial charge in [-0.2, -0.15) is 0 Å². The van der Waals surface area contributed by atoms with Crippen LogP contribution in [0.2, 0.25) is 0 Å². The summed E-state index contributed by atoms with van der Waals surface area (Å²) in [5, 5.41) is 5.81. The van der Waals surface area contributed by atoms with Crippen LogP contribution in [0.1, 0.15) is 24.3 Å². The number of aromatic nitrogens is 2. The maximum Gasteiger partial charge on any atom is 0.271 e. The molecule has 0 spiro atoms. The second kappa shape index (κ2) is 8.83. The van der Waals surface area contributed by atoms with Gasteiger partial charge in [-0.05, 0) is 38.1 Å². The lowest BCUT2D eigenvalue weighted by molar-refractivity contribution is 0.0932. The highest BCUT2D eigenvalue weighted by Crippen LogP contribution is 2.19. The zero-order valence-electron chi connectivity index (χ0n) is 14.1. The Hall–Kier alpha value is -2.67. The van der Waals surface area contributed by atoms with E-state index in [4.69, 9.17) is 9.47 Å². The summed E-state index contributed by atoms with van der Waals surface area (Å²) >= 11 is 0. The van der Waals surface area contributed by atoms with Crippen molar-refractivity contribution >= 4 is 17.4 Å². The SMILES string of the molecule is COCCNC(=O)c1cnc(Nc2ccc(OC(C)C)cc2)cn1. The molecule has 1 aromatic carbocycles. The Morgan fingerprint density at radius 2 is 1.92 bits per heavy atom. The third-order valence-corrected chi connectivity index (χ3v) is 2.97. The second-order valence-corrected chi connectivity index (χ2v) is 5.35. The van der Waals surface area contributed by atoms with Crippen molar-refractivity contribution in [1.29, 1.82) is 0 Å². The van der Waals surface area contributed by atoms with E-state index in [1.807, 2.05) is 38.1 Å². The molecule has 24 heavy (non-hydrogen) atoms. The number of amides is 1. The van der Waals surface area contributed by atoms with Gasteiger partial charge in [0, 0.05) is 19.3 Å². The third kappa shape index (κ3) is 5.51. The van der Waals surface area contributed by atoms with Crippen LogP contribution >= 0.6 is 0 Å². The van der Waals surface area contributed by atoms with Gasteiger partial charge < -0.3 is 20.1 Å². The topological polar surface area (TPSA) is 85.4 Å². The van der Waals surface area contributed by atoms with Gasteiger partial charge in [0.15, 0.2) is 0 Å². The zero-order valence-corrected chi connectivity index (χ0v) is 14.1. The molecule has 7 nitrogen and oxygen atoms in total. The van der Waals surface area contributed by atoms with Gasteiger partial charge in [-0.3, -0.25) is 4.79 Å². The smallest absolute Gasteiger partial charge is 0.271 e. The number of methoxy groups -OCH3 is 1. The maximum atomic E-state index is 11.8. The van der Waals surface area contributed by atoms with E-state index >= 15 is 0 Å². The molecule has 0 bridgehead atoms. The first-order valence-electron chi connectivity index (χ1n) is 7.71. The Morgan fingerprint density at radius 1 is 1.17 bits per heavy atom. The fraction of sp³-hybridized carbons (Fsp3) is 0.353. The molecule has 2 aromatic rings. The molecule has 1 heterocycles. The molecule has 7 heteroatoms. The molecule has 0 aliphatic carbocycles. The lowest BCUT2D eigenvalue weighted by atomic mass is 10.3. The minimum Gasteiger partial charge on any atom is -0.491 e. The van der Waals surface area contributed by atoms with E-state index in [0.717, 1.165) is 11.4 Å². The molecule has 0 aliphatic rings. The Balaban J connectivity index is 1.92. The number of anilines is 2. The Labute approximate surface area is 141 Å². The van der Waals surface area contributed by atoms with Gasteiger partial charge in [-0.1, -0.05) is 0 Å². The van der Waals surface area contributed by atoms with Crippen LogP contribution in [-0.4, -0.2) is 42.2 Å². The molecule has 1 amide bonds. The fourth-order valence-electron chi connectivity index (χ4n) is 1.90. The summed E-state index contributed by atoms with van der Waals surface area (Å²) in [6, 6.07) is 7.55. The van der Waals surface area contributed by atoms with Gasteiger partial charge in [0.25, 0.3) is 5.91 Å². The minimum absolute atomic E-state index is 0.136. The van der Waals surface area contributed by atoms with Gasteiger partial charge >= 0.3 is 0 Å². The molecule has 0 saturated heterocycles. The number of hydrogen-bond donors (Lipinski definition) is 2. The van der Waals surface area contributed by atoms with E-state index in [0.29, 0.717) is 19.0 Å². The van der Waals surface area contributed by atoms with Crippen molar-refractivity contribution in [3.63, 3.8) is 0 Å². The van der Waals surface area contributed by atoms with Crippen molar-refractivity contribution < 1.29 is 14.3 Å². The van der Waals surface area contributed by atoms with Crippen LogP contribution in [0, 0.1) is 0 Å². The van der Waals surface area contributed by atoms with Crippen LogP contribution in [0.25, 0.3) is 0 Å². The molecule has 128 valence electrons. The molecule has 0 radical (unpaired) electrons. The third-order valence-electron chi connectivity index (χ3n) is 2.97. The molecule has 0 atom stereocenters. The molecule has 0 saturated carbocycles. The molecule has 1 aromatic heterocycles. The van der Waals surface area contributed by atoms with Crippen LogP contribution < -0.4 is 15.4 Å². The van der Waals surface area contributed by atoms with Crippen molar-refractivity contribution in [1.82, 2.24) is 15.3 Å². The molecule has 0 unspecified atom stereocenters. The standard InChI is InChI=1S/C17H22N4O3/c1-12(2)24-14-6-4-13(5-7-14)21-16-11-19-15(10-20-16)17(22)18-8-9-23-3/h4-7,10-12H,8-9H2,1-3H3,(H,18,22)(H,20,21). The highest BCUT2D eigenvalue weighted by molar-refractivity contribution is 5.92. The Morgan fingerprint density at radius 3 is 2.50 bits per heavy atom. The molecule has 0 fully saturated rings. The average Bonchev–Trinajstić information content (AvgIpc) is 2.57. The second-order valence-electron chi connectivity index (χ2n) is 5.35. The van der Waals surface area contributed by atoms with Gasteiger partial charge in [-0.15, -0.1) is 0 Å². The van der Waals surface area contributed by atoms with Crippen LogP contribution in [0.15, 0.2) is 36.7 Å². The van der Waals surface area contributed by atoms with Crippen LogP contribution in [0.4, 0.5) is 11.5 Å². The Kier molecular flexibility index (Phi) is 6.51. The lowest BCUT2D eigenvalue weighted by Crippen LogP contribution is -2.27. The predicted molar refractivity (Wildman–Crippen MR) is 91.7 cm³/mol. The molecule has 0 aliphatic heterocycles. The zero-order chi connectivity index (χ0) is 17.4. The highest BCUT2D eigenvalue weighted by Gasteiger charge is 2.07. The first kappa shape index (κ1) is 17.7. The van der Waals surface area contributed by atoms with E-state index in [2.05, 4.69) is 20.6 Å². The maximum absolute atomic E-state index is 11.8. The summed E-state index contributed by atoms with van der Waals surface area (Å²) in [6.45, 7) is 4.85. The van der Waals surface area contributed by atoms with E-state index in [1.165, 1.54) is 12.4 Å². The number of rotatable bonds is 8. The quantitative estimate of drug-likeness (QED) is 0.723. The average molecular weight is 330 g/mol. The number of hydrogen-bond acceptors (Lipinski definition) is 6. The monoisotopic (exact) mass is 330 g/mol. The first-order valence-corrected chi connectivity index (χ1v) is 7.71. The van der Waals surface area contributed by atoms with Crippen LogP contribution in [-0.2, 0) is 4.74 Å². The number of carbonyl (C=O) groups is 1. The van der Waals surface area contributed by atoms with Crippen molar-refractivity contribution in [2.45, 2.75) is 20.0 Å². The predicted octanol–water partition coefficient (Wildman–Crippen LogP) is 2.38. The normalized spacial score (nSPS) is 10.5. The molecule has 2 rings (SSSR count). The number of carbonyl (C=O) groups excluding carboxylic acids is 1. The van der Waals surface area contributed by atoms with Crippen molar-refractivity contribution in [3.05, 3.63) is 42.4 Å². The van der Waals surface area contributed by atoms with E-state index in [-0.39, 0.29) is 17.7 Å². The largest absolute Gasteiger partial charge is 0.491 e. The first-order chi connectivity index (χ1) is 11.6. The Bertz CT molecular complexity index is 642. The summed E-state index contributed by atoms with van der Waals surface area (Å²) in [6.07, 6.45) is 3.09. The number of nitrogens with one attached hydrogen (secondary N) is 2. The fourth-order valence-corrected chi connectivity index (χ4v) is 1.90. The summed E-state index contributed by atoms with van der Waals surface area (Å²) in [7, 11) is 1.58. The lowest BCUT2D eigenvalue weighted by Gasteiger charge is -2.11. The van der Waals surface area contributed by atoms with E-state index < -0.39 is 0 Å². The highest BCUT2D eigenvalue weighted by atomic mass is 16.5. The molecular formula is C17H22N4O3. The molecule has 2 N–H and O–H groups in total. The van der Waals surface area contributed by atoms with Gasteiger partial charge in [0.1, 0.15) is 17.3 Å². The number of nitrogens with zero attached hydrogens (tertiary/aromatic N) is 2.